The maximum Gasteiger partial charge on any atom is 0.191 e. The summed E-state index contributed by atoms with van der Waals surface area (Å²) in [6.07, 6.45) is 2.44. The number of nitrogens with zero attached hydrogens (tertiary/aromatic N) is 5. The molecule has 9 heteroatoms. The molecule has 8 nitrogen and oxygen atoms in total. The highest BCUT2D eigenvalue weighted by molar-refractivity contribution is 14.0. The molecule has 1 aliphatic heterocycles. The average Bonchev–Trinajstić information content (AvgIpc) is 3.31. The van der Waals surface area contributed by atoms with Gasteiger partial charge < -0.3 is 19.9 Å². The summed E-state index contributed by atoms with van der Waals surface area (Å²) in [7, 11) is 3.67. The molecule has 0 aliphatic carbocycles. The molecule has 1 aromatic carbocycles. The summed E-state index contributed by atoms with van der Waals surface area (Å²) in [5.41, 5.74) is 1.36. The summed E-state index contributed by atoms with van der Waals surface area (Å²) in [5, 5.41) is 15.2. The zero-order valence-electron chi connectivity index (χ0n) is 18.2. The van der Waals surface area contributed by atoms with E-state index in [1.165, 1.54) is 18.4 Å². The Labute approximate surface area is 196 Å². The van der Waals surface area contributed by atoms with Crippen molar-refractivity contribution in [3.8, 4) is 0 Å². The molecule has 0 bridgehead atoms. The molecule has 1 fully saturated rings. The first-order chi connectivity index (χ1) is 14.2. The molecule has 0 saturated carbocycles. The number of aryl methyl sites for hydroxylation is 1. The smallest absolute Gasteiger partial charge is 0.191 e. The molecular formula is C21H34IN7O. The highest BCUT2D eigenvalue weighted by Crippen LogP contribution is 2.19. The van der Waals surface area contributed by atoms with Crippen molar-refractivity contribution < 1.29 is 4.74 Å². The van der Waals surface area contributed by atoms with Crippen LogP contribution in [0.2, 0.25) is 0 Å². The van der Waals surface area contributed by atoms with E-state index in [1.54, 1.807) is 7.11 Å². The third-order valence-electron chi connectivity index (χ3n) is 5.39. The molecule has 30 heavy (non-hydrogen) atoms. The number of ether oxygens (including phenoxy) is 1. The van der Waals surface area contributed by atoms with Crippen molar-refractivity contribution in [3.63, 3.8) is 0 Å². The van der Waals surface area contributed by atoms with E-state index in [2.05, 4.69) is 56.1 Å². The van der Waals surface area contributed by atoms with Crippen LogP contribution in [0.4, 0.5) is 0 Å². The lowest BCUT2D eigenvalue weighted by Crippen LogP contribution is -2.45. The minimum Gasteiger partial charge on any atom is -0.383 e. The Hall–Kier alpha value is -1.72. The van der Waals surface area contributed by atoms with Crippen LogP contribution in [0, 0.1) is 6.92 Å². The van der Waals surface area contributed by atoms with E-state index in [1.807, 2.05) is 18.5 Å². The van der Waals surface area contributed by atoms with Gasteiger partial charge in [-0.3, -0.25) is 4.90 Å². The fourth-order valence-electron chi connectivity index (χ4n) is 3.55. The number of halogens is 1. The van der Waals surface area contributed by atoms with Gasteiger partial charge in [0.2, 0.25) is 0 Å². The largest absolute Gasteiger partial charge is 0.383 e. The van der Waals surface area contributed by atoms with Gasteiger partial charge in [0.05, 0.1) is 6.61 Å². The molecule has 2 aromatic rings. The van der Waals surface area contributed by atoms with Gasteiger partial charge in [0, 0.05) is 39.8 Å². The van der Waals surface area contributed by atoms with Crippen LogP contribution in [0.5, 0.6) is 0 Å². The second kappa shape index (κ2) is 12.9. The Morgan fingerprint density at radius 1 is 1.23 bits per heavy atom. The maximum atomic E-state index is 5.16. The second-order valence-corrected chi connectivity index (χ2v) is 7.44. The van der Waals surface area contributed by atoms with Crippen LogP contribution in [0.25, 0.3) is 0 Å². The molecule has 1 saturated heterocycles. The summed E-state index contributed by atoms with van der Waals surface area (Å²) in [5.74, 6) is 2.52. The van der Waals surface area contributed by atoms with Gasteiger partial charge in [-0.15, -0.1) is 34.2 Å². The fraction of sp³-hybridized carbons (Fsp3) is 0.571. The van der Waals surface area contributed by atoms with Crippen molar-refractivity contribution in [2.75, 3.05) is 33.4 Å². The Kier molecular flexibility index (Phi) is 10.5. The van der Waals surface area contributed by atoms with E-state index in [4.69, 9.17) is 9.73 Å². The Morgan fingerprint density at radius 2 is 2.03 bits per heavy atom. The number of guanidine groups is 1. The molecule has 3 rings (SSSR count). The molecule has 1 aromatic heterocycles. The quantitative estimate of drug-likeness (QED) is 0.225. The van der Waals surface area contributed by atoms with Gasteiger partial charge in [-0.25, -0.2) is 4.99 Å². The van der Waals surface area contributed by atoms with Crippen LogP contribution >= 0.6 is 24.0 Å². The van der Waals surface area contributed by atoms with Crippen LogP contribution in [-0.4, -0.2) is 65.0 Å². The lowest BCUT2D eigenvalue weighted by atomic mass is 10.2. The van der Waals surface area contributed by atoms with Gasteiger partial charge in [-0.2, -0.15) is 0 Å². The summed E-state index contributed by atoms with van der Waals surface area (Å²) >= 11 is 0. The van der Waals surface area contributed by atoms with E-state index >= 15 is 0 Å². The van der Waals surface area contributed by atoms with Crippen molar-refractivity contribution in [2.45, 2.75) is 38.9 Å². The molecule has 1 unspecified atom stereocenters. The standard InChI is InChI=1S/C21H33N7O.HI/c1-17-25-26-20(27(17)2)15-24-21(22-11-13-29-3)23-14-19-10-7-12-28(19)16-18-8-5-4-6-9-18;/h4-6,8-9,19H,7,10-16H2,1-3H3,(H2,22,23,24);1H. The minimum atomic E-state index is 0. The van der Waals surface area contributed by atoms with E-state index in [0.717, 1.165) is 37.2 Å². The first-order valence-corrected chi connectivity index (χ1v) is 10.3. The summed E-state index contributed by atoms with van der Waals surface area (Å²) in [6, 6.07) is 11.2. The second-order valence-electron chi connectivity index (χ2n) is 7.44. The zero-order valence-corrected chi connectivity index (χ0v) is 20.5. The van der Waals surface area contributed by atoms with Crippen molar-refractivity contribution in [1.29, 1.82) is 0 Å². The van der Waals surface area contributed by atoms with Crippen molar-refractivity contribution in [3.05, 3.63) is 47.5 Å². The van der Waals surface area contributed by atoms with Crippen molar-refractivity contribution >= 4 is 29.9 Å². The highest BCUT2D eigenvalue weighted by atomic mass is 127. The van der Waals surface area contributed by atoms with Crippen LogP contribution in [-0.2, 0) is 24.9 Å². The van der Waals surface area contributed by atoms with Gasteiger partial charge in [-0.1, -0.05) is 30.3 Å². The zero-order chi connectivity index (χ0) is 20.5. The monoisotopic (exact) mass is 527 g/mol. The van der Waals surface area contributed by atoms with Crippen molar-refractivity contribution in [2.24, 2.45) is 12.0 Å². The Morgan fingerprint density at radius 3 is 2.73 bits per heavy atom. The first-order valence-electron chi connectivity index (χ1n) is 10.3. The molecule has 0 radical (unpaired) electrons. The molecule has 1 aliphatic rings. The molecule has 2 heterocycles. The highest BCUT2D eigenvalue weighted by Gasteiger charge is 2.24. The number of hydrogen-bond acceptors (Lipinski definition) is 5. The van der Waals surface area contributed by atoms with E-state index in [9.17, 15) is 0 Å². The molecule has 0 amide bonds. The minimum absolute atomic E-state index is 0. The predicted molar refractivity (Wildman–Crippen MR) is 130 cm³/mol. The number of aliphatic imine (C=N–C) groups is 1. The third-order valence-corrected chi connectivity index (χ3v) is 5.39. The van der Waals surface area contributed by atoms with Crippen molar-refractivity contribution in [1.82, 2.24) is 30.3 Å². The van der Waals surface area contributed by atoms with Crippen LogP contribution in [0.15, 0.2) is 35.3 Å². The van der Waals surface area contributed by atoms with Gasteiger partial charge in [0.1, 0.15) is 12.4 Å². The van der Waals surface area contributed by atoms with Crippen LogP contribution < -0.4 is 10.6 Å². The Bertz CT molecular complexity index is 781. The molecule has 1 atom stereocenters. The SMILES string of the molecule is COCCNC(=NCc1nnc(C)n1C)NCC1CCCN1Cc1ccccc1.I. The summed E-state index contributed by atoms with van der Waals surface area (Å²) in [6.45, 7) is 6.77. The van der Waals surface area contributed by atoms with Gasteiger partial charge in [0.25, 0.3) is 0 Å². The number of aromatic nitrogens is 3. The van der Waals surface area contributed by atoms with Crippen LogP contribution in [0.3, 0.4) is 0 Å². The number of likely N-dealkylation sites (tertiary alicyclic amines) is 1. The topological polar surface area (TPSA) is 79.6 Å². The maximum absolute atomic E-state index is 5.16. The van der Waals surface area contributed by atoms with Gasteiger partial charge in [0.15, 0.2) is 11.8 Å². The number of benzene rings is 1. The van der Waals surface area contributed by atoms with E-state index < -0.39 is 0 Å². The molecule has 0 spiro atoms. The van der Waals surface area contributed by atoms with Gasteiger partial charge in [-0.05, 0) is 31.9 Å². The van der Waals surface area contributed by atoms with E-state index in [0.29, 0.717) is 25.7 Å². The average molecular weight is 527 g/mol. The lowest BCUT2D eigenvalue weighted by molar-refractivity contribution is 0.203. The number of hydrogen-bond donors (Lipinski definition) is 2. The summed E-state index contributed by atoms with van der Waals surface area (Å²) < 4.78 is 7.13. The normalized spacial score (nSPS) is 17.0. The molecule has 166 valence electrons. The van der Waals surface area contributed by atoms with Crippen LogP contribution in [0.1, 0.15) is 30.1 Å². The van der Waals surface area contributed by atoms with Gasteiger partial charge >= 0.3 is 0 Å². The number of rotatable bonds is 9. The first kappa shape index (κ1) is 24.5. The lowest BCUT2D eigenvalue weighted by Gasteiger charge is -2.25. The molecular weight excluding hydrogens is 493 g/mol. The fourth-order valence-corrected chi connectivity index (χ4v) is 3.55. The molecule has 2 N–H and O–H groups in total. The summed E-state index contributed by atoms with van der Waals surface area (Å²) in [4.78, 5) is 7.26. The number of nitrogens with one attached hydrogen (secondary N) is 2. The van der Waals surface area contributed by atoms with E-state index in [-0.39, 0.29) is 24.0 Å². The Balaban J connectivity index is 0.00000320. The number of methoxy groups -OCH3 is 1. The third kappa shape index (κ3) is 7.21. The predicted octanol–water partition coefficient (Wildman–Crippen LogP) is 2.09.